The summed E-state index contributed by atoms with van der Waals surface area (Å²) in [5.74, 6) is 0.738. The normalized spacial score (nSPS) is 13.4. The quantitative estimate of drug-likeness (QED) is 0.851. The standard InChI is InChI=1S/C16H21ClN4O2/c1-11(10-23-3)19-16(22)20-14(15-18-8-9-21(15)2)12-4-6-13(17)7-5-12/h4-9,11,14H,10H2,1-3H3,(H2,19,20,22)/t11-,14+/m1/s1. The minimum Gasteiger partial charge on any atom is -0.383 e. The van der Waals surface area contributed by atoms with Crippen molar-refractivity contribution >= 4 is 17.6 Å². The van der Waals surface area contributed by atoms with Gasteiger partial charge < -0.3 is 19.9 Å². The van der Waals surface area contributed by atoms with Crippen molar-refractivity contribution in [3.05, 3.63) is 53.1 Å². The molecule has 0 bridgehead atoms. The van der Waals surface area contributed by atoms with Crippen LogP contribution in [0.2, 0.25) is 5.02 Å². The van der Waals surface area contributed by atoms with Crippen molar-refractivity contribution in [3.8, 4) is 0 Å². The number of hydrogen-bond acceptors (Lipinski definition) is 3. The first-order valence-corrected chi connectivity index (χ1v) is 7.67. The highest BCUT2D eigenvalue weighted by Crippen LogP contribution is 2.22. The van der Waals surface area contributed by atoms with E-state index in [0.29, 0.717) is 11.6 Å². The van der Waals surface area contributed by atoms with E-state index in [1.165, 1.54) is 0 Å². The number of aromatic nitrogens is 2. The van der Waals surface area contributed by atoms with E-state index in [1.54, 1.807) is 25.4 Å². The van der Waals surface area contributed by atoms with Gasteiger partial charge in [-0.1, -0.05) is 23.7 Å². The number of urea groups is 1. The molecule has 0 aliphatic carbocycles. The number of ether oxygens (including phenoxy) is 1. The zero-order valence-corrected chi connectivity index (χ0v) is 14.2. The van der Waals surface area contributed by atoms with Crippen LogP contribution in [0.3, 0.4) is 0 Å². The number of rotatable bonds is 6. The molecular formula is C16H21ClN4O2. The summed E-state index contributed by atoms with van der Waals surface area (Å²) < 4.78 is 6.90. The number of imidazole rings is 1. The summed E-state index contributed by atoms with van der Waals surface area (Å²) in [5.41, 5.74) is 0.901. The molecular weight excluding hydrogens is 316 g/mol. The molecule has 2 N–H and O–H groups in total. The lowest BCUT2D eigenvalue weighted by Gasteiger charge is -2.21. The second-order valence-electron chi connectivity index (χ2n) is 5.36. The highest BCUT2D eigenvalue weighted by Gasteiger charge is 2.21. The first-order valence-electron chi connectivity index (χ1n) is 7.30. The maximum absolute atomic E-state index is 12.2. The van der Waals surface area contributed by atoms with Crippen molar-refractivity contribution in [1.82, 2.24) is 20.2 Å². The topological polar surface area (TPSA) is 68.2 Å². The number of methoxy groups -OCH3 is 1. The summed E-state index contributed by atoms with van der Waals surface area (Å²) in [6, 6.07) is 6.59. The fraction of sp³-hybridized carbons (Fsp3) is 0.375. The van der Waals surface area contributed by atoms with Gasteiger partial charge in [0.2, 0.25) is 0 Å². The number of nitrogens with one attached hydrogen (secondary N) is 2. The summed E-state index contributed by atoms with van der Waals surface area (Å²) in [4.78, 5) is 16.6. The van der Waals surface area contributed by atoms with Crippen molar-refractivity contribution in [2.24, 2.45) is 7.05 Å². The maximum Gasteiger partial charge on any atom is 0.315 e. The van der Waals surface area contributed by atoms with E-state index < -0.39 is 0 Å². The molecule has 0 spiro atoms. The van der Waals surface area contributed by atoms with Crippen LogP contribution in [0.15, 0.2) is 36.7 Å². The molecule has 6 nitrogen and oxygen atoms in total. The molecule has 0 aliphatic heterocycles. The molecule has 2 atom stereocenters. The van der Waals surface area contributed by atoms with Gasteiger partial charge in [0.1, 0.15) is 11.9 Å². The van der Waals surface area contributed by atoms with Crippen LogP contribution in [-0.4, -0.2) is 35.3 Å². The zero-order chi connectivity index (χ0) is 16.8. The number of carbonyl (C=O) groups excluding carboxylic acids is 1. The van der Waals surface area contributed by atoms with Crippen molar-refractivity contribution in [3.63, 3.8) is 0 Å². The predicted octanol–water partition coefficient (Wildman–Crippen LogP) is 2.50. The molecule has 124 valence electrons. The van der Waals surface area contributed by atoms with Crippen molar-refractivity contribution in [1.29, 1.82) is 0 Å². The van der Waals surface area contributed by atoms with Crippen LogP contribution >= 0.6 is 11.6 Å². The van der Waals surface area contributed by atoms with Gasteiger partial charge in [-0.3, -0.25) is 0 Å². The minimum absolute atomic E-state index is 0.0905. The van der Waals surface area contributed by atoms with E-state index >= 15 is 0 Å². The lowest BCUT2D eigenvalue weighted by atomic mass is 10.1. The number of amides is 2. The molecule has 2 rings (SSSR count). The van der Waals surface area contributed by atoms with Crippen molar-refractivity contribution in [2.45, 2.75) is 19.0 Å². The Hall–Kier alpha value is -2.05. The third kappa shape index (κ3) is 4.71. The van der Waals surface area contributed by atoms with E-state index in [2.05, 4.69) is 15.6 Å². The van der Waals surface area contributed by atoms with Crippen LogP contribution in [0.1, 0.15) is 24.4 Å². The molecule has 2 aromatic rings. The predicted molar refractivity (Wildman–Crippen MR) is 89.5 cm³/mol. The summed E-state index contributed by atoms with van der Waals surface area (Å²) in [5, 5.41) is 6.43. The van der Waals surface area contributed by atoms with E-state index in [0.717, 1.165) is 11.4 Å². The molecule has 1 aromatic carbocycles. The third-order valence-electron chi connectivity index (χ3n) is 3.39. The largest absolute Gasteiger partial charge is 0.383 e. The van der Waals surface area contributed by atoms with E-state index in [9.17, 15) is 4.79 Å². The molecule has 0 radical (unpaired) electrons. The Labute approximate surface area is 140 Å². The lowest BCUT2D eigenvalue weighted by Crippen LogP contribution is -2.44. The Balaban J connectivity index is 2.19. The zero-order valence-electron chi connectivity index (χ0n) is 13.4. The Morgan fingerprint density at radius 2 is 2.04 bits per heavy atom. The summed E-state index contributed by atoms with van der Waals surface area (Å²) in [6.07, 6.45) is 3.54. The number of aryl methyl sites for hydroxylation is 1. The van der Waals surface area contributed by atoms with Gasteiger partial charge in [-0.2, -0.15) is 0 Å². The number of benzene rings is 1. The highest BCUT2D eigenvalue weighted by atomic mass is 35.5. The van der Waals surface area contributed by atoms with Crippen LogP contribution < -0.4 is 10.6 Å². The molecule has 0 fully saturated rings. The van der Waals surface area contributed by atoms with Crippen LogP contribution in [0.25, 0.3) is 0 Å². The highest BCUT2D eigenvalue weighted by molar-refractivity contribution is 6.30. The van der Waals surface area contributed by atoms with Crippen LogP contribution in [0, 0.1) is 0 Å². The van der Waals surface area contributed by atoms with Gasteiger partial charge in [0.15, 0.2) is 0 Å². The van der Waals surface area contributed by atoms with Gasteiger partial charge in [0.25, 0.3) is 0 Å². The van der Waals surface area contributed by atoms with Gasteiger partial charge in [-0.15, -0.1) is 0 Å². The second kappa shape index (κ2) is 7.99. The third-order valence-corrected chi connectivity index (χ3v) is 3.64. The molecule has 2 amide bonds. The maximum atomic E-state index is 12.2. The van der Waals surface area contributed by atoms with Gasteiger partial charge >= 0.3 is 6.03 Å². The molecule has 0 aliphatic rings. The number of halogens is 1. The summed E-state index contributed by atoms with van der Waals surface area (Å²) in [7, 11) is 3.48. The molecule has 7 heteroatoms. The van der Waals surface area contributed by atoms with Gasteiger partial charge in [-0.25, -0.2) is 9.78 Å². The first-order chi connectivity index (χ1) is 11.0. The van der Waals surface area contributed by atoms with Gasteiger partial charge in [0, 0.05) is 31.6 Å². The van der Waals surface area contributed by atoms with Crippen LogP contribution in [-0.2, 0) is 11.8 Å². The lowest BCUT2D eigenvalue weighted by molar-refractivity contribution is 0.170. The SMILES string of the molecule is COC[C@@H](C)NC(=O)N[C@@H](c1ccc(Cl)cc1)c1nccn1C. The molecule has 1 heterocycles. The molecule has 0 unspecified atom stereocenters. The number of carbonyl (C=O) groups is 1. The first kappa shape index (κ1) is 17.3. The molecule has 0 saturated carbocycles. The van der Waals surface area contributed by atoms with Crippen LogP contribution in [0.5, 0.6) is 0 Å². The molecule has 1 aromatic heterocycles. The average molecular weight is 337 g/mol. The molecule has 0 saturated heterocycles. The van der Waals surface area contributed by atoms with Crippen molar-refractivity contribution < 1.29 is 9.53 Å². The smallest absolute Gasteiger partial charge is 0.315 e. The number of hydrogen-bond donors (Lipinski definition) is 2. The van der Waals surface area contributed by atoms with Crippen LogP contribution in [0.4, 0.5) is 4.79 Å². The monoisotopic (exact) mass is 336 g/mol. The van der Waals surface area contributed by atoms with Gasteiger partial charge in [0.05, 0.1) is 12.6 Å². The summed E-state index contributed by atoms with van der Waals surface area (Å²) in [6.45, 7) is 2.32. The van der Waals surface area contributed by atoms with Gasteiger partial charge in [-0.05, 0) is 24.6 Å². The van der Waals surface area contributed by atoms with E-state index in [-0.39, 0.29) is 18.1 Å². The van der Waals surface area contributed by atoms with Crippen molar-refractivity contribution in [2.75, 3.05) is 13.7 Å². The Morgan fingerprint density at radius 3 is 2.61 bits per heavy atom. The van der Waals surface area contributed by atoms with E-state index in [4.69, 9.17) is 16.3 Å². The second-order valence-corrected chi connectivity index (χ2v) is 5.79. The Kier molecular flexibility index (Phi) is 6.01. The Bertz CT molecular complexity index is 642. The minimum atomic E-state index is -0.373. The summed E-state index contributed by atoms with van der Waals surface area (Å²) >= 11 is 5.95. The number of nitrogens with zero attached hydrogens (tertiary/aromatic N) is 2. The Morgan fingerprint density at radius 1 is 1.35 bits per heavy atom. The molecule has 23 heavy (non-hydrogen) atoms. The fourth-order valence-corrected chi connectivity index (χ4v) is 2.42. The fourth-order valence-electron chi connectivity index (χ4n) is 2.30. The average Bonchev–Trinajstić information content (AvgIpc) is 2.92. The van der Waals surface area contributed by atoms with E-state index in [1.807, 2.05) is 36.9 Å².